The standard InChI is InChI=1S/C13H25N3/c1-4-7-8-11(5-2)13(14)12-9-10-15-16(12)6-3/h9-11,13H,4-8,14H2,1-3H3. The van der Waals surface area contributed by atoms with E-state index in [1.54, 1.807) is 0 Å². The molecule has 0 radical (unpaired) electrons. The van der Waals surface area contributed by atoms with Crippen molar-refractivity contribution in [2.75, 3.05) is 0 Å². The van der Waals surface area contributed by atoms with Gasteiger partial charge in [-0.05, 0) is 25.3 Å². The average molecular weight is 223 g/mol. The maximum absolute atomic E-state index is 6.35. The first-order chi connectivity index (χ1) is 7.74. The summed E-state index contributed by atoms with van der Waals surface area (Å²) >= 11 is 0. The van der Waals surface area contributed by atoms with Crippen molar-refractivity contribution >= 4 is 0 Å². The number of rotatable bonds is 7. The maximum atomic E-state index is 6.35. The van der Waals surface area contributed by atoms with E-state index in [1.807, 2.05) is 10.9 Å². The third kappa shape index (κ3) is 3.08. The molecule has 2 unspecified atom stereocenters. The van der Waals surface area contributed by atoms with Crippen molar-refractivity contribution < 1.29 is 0 Å². The molecule has 3 heteroatoms. The van der Waals surface area contributed by atoms with E-state index in [2.05, 4.69) is 31.9 Å². The lowest BCUT2D eigenvalue weighted by Gasteiger charge is -2.23. The smallest absolute Gasteiger partial charge is 0.0554 e. The first-order valence-electron chi connectivity index (χ1n) is 6.51. The Labute approximate surface area is 99.0 Å². The molecule has 0 spiro atoms. The van der Waals surface area contributed by atoms with Gasteiger partial charge >= 0.3 is 0 Å². The fourth-order valence-electron chi connectivity index (χ4n) is 2.24. The van der Waals surface area contributed by atoms with Gasteiger partial charge in [0.15, 0.2) is 0 Å². The Balaban J connectivity index is 2.70. The van der Waals surface area contributed by atoms with Crippen LogP contribution in [0.5, 0.6) is 0 Å². The van der Waals surface area contributed by atoms with Crippen molar-refractivity contribution in [3.05, 3.63) is 18.0 Å². The zero-order chi connectivity index (χ0) is 12.0. The molecule has 0 saturated carbocycles. The van der Waals surface area contributed by atoms with Crippen molar-refractivity contribution in [3.63, 3.8) is 0 Å². The number of nitrogens with two attached hydrogens (primary N) is 1. The van der Waals surface area contributed by atoms with Crippen LogP contribution in [-0.4, -0.2) is 9.78 Å². The zero-order valence-corrected chi connectivity index (χ0v) is 10.8. The monoisotopic (exact) mass is 223 g/mol. The predicted octanol–water partition coefficient (Wildman–Crippen LogP) is 3.12. The highest BCUT2D eigenvalue weighted by Gasteiger charge is 2.20. The Bertz CT molecular complexity index is 293. The minimum atomic E-state index is 0.138. The molecule has 0 bridgehead atoms. The highest BCUT2D eigenvalue weighted by Crippen LogP contribution is 2.26. The molecule has 2 N–H and O–H groups in total. The Kier molecular flexibility index (Phi) is 5.53. The molecule has 92 valence electrons. The molecule has 16 heavy (non-hydrogen) atoms. The molecule has 3 nitrogen and oxygen atoms in total. The van der Waals surface area contributed by atoms with Crippen molar-refractivity contribution in [1.82, 2.24) is 9.78 Å². The highest BCUT2D eigenvalue weighted by molar-refractivity contribution is 5.07. The fourth-order valence-corrected chi connectivity index (χ4v) is 2.24. The first-order valence-corrected chi connectivity index (χ1v) is 6.51. The summed E-state index contributed by atoms with van der Waals surface area (Å²) in [6.45, 7) is 7.47. The van der Waals surface area contributed by atoms with Gasteiger partial charge in [-0.25, -0.2) is 0 Å². The van der Waals surface area contributed by atoms with E-state index >= 15 is 0 Å². The van der Waals surface area contributed by atoms with Gasteiger partial charge in [-0.3, -0.25) is 4.68 Å². The normalized spacial score (nSPS) is 15.0. The molecular weight excluding hydrogens is 198 g/mol. The number of hydrogen-bond acceptors (Lipinski definition) is 2. The lowest BCUT2D eigenvalue weighted by Crippen LogP contribution is -2.24. The summed E-state index contributed by atoms with van der Waals surface area (Å²) in [6, 6.07) is 2.20. The van der Waals surface area contributed by atoms with E-state index in [4.69, 9.17) is 5.73 Å². The molecule has 0 saturated heterocycles. The Morgan fingerprint density at radius 3 is 2.69 bits per heavy atom. The van der Waals surface area contributed by atoms with Gasteiger partial charge in [-0.1, -0.05) is 33.1 Å². The molecule has 0 aliphatic carbocycles. The predicted molar refractivity (Wildman–Crippen MR) is 68.1 cm³/mol. The molecule has 1 aromatic rings. The van der Waals surface area contributed by atoms with Crippen molar-refractivity contribution in [3.8, 4) is 0 Å². The maximum Gasteiger partial charge on any atom is 0.0554 e. The van der Waals surface area contributed by atoms with Gasteiger partial charge in [0.05, 0.1) is 5.69 Å². The molecule has 0 fully saturated rings. The lowest BCUT2D eigenvalue weighted by atomic mass is 9.90. The van der Waals surface area contributed by atoms with Gasteiger partial charge in [0.2, 0.25) is 0 Å². The molecule has 1 rings (SSSR count). The van der Waals surface area contributed by atoms with Crippen LogP contribution >= 0.6 is 0 Å². The number of nitrogens with zero attached hydrogens (tertiary/aromatic N) is 2. The number of aromatic nitrogens is 2. The number of unbranched alkanes of at least 4 members (excludes halogenated alkanes) is 1. The largest absolute Gasteiger partial charge is 0.322 e. The zero-order valence-electron chi connectivity index (χ0n) is 10.8. The molecule has 2 atom stereocenters. The number of aryl methyl sites for hydroxylation is 1. The Hall–Kier alpha value is -0.830. The van der Waals surface area contributed by atoms with E-state index < -0.39 is 0 Å². The third-order valence-electron chi connectivity index (χ3n) is 3.35. The van der Waals surface area contributed by atoms with E-state index in [9.17, 15) is 0 Å². The Morgan fingerprint density at radius 1 is 1.38 bits per heavy atom. The SMILES string of the molecule is CCCCC(CC)C(N)c1ccnn1CC. The summed E-state index contributed by atoms with van der Waals surface area (Å²) in [7, 11) is 0. The van der Waals surface area contributed by atoms with E-state index in [0.29, 0.717) is 5.92 Å². The summed E-state index contributed by atoms with van der Waals surface area (Å²) in [6.07, 6.45) is 6.74. The second kappa shape index (κ2) is 6.69. The van der Waals surface area contributed by atoms with Gasteiger partial charge < -0.3 is 5.73 Å². The highest BCUT2D eigenvalue weighted by atomic mass is 15.3. The van der Waals surface area contributed by atoms with E-state index in [0.717, 1.165) is 13.0 Å². The minimum Gasteiger partial charge on any atom is -0.322 e. The van der Waals surface area contributed by atoms with Gasteiger partial charge in [-0.15, -0.1) is 0 Å². The first kappa shape index (κ1) is 13.2. The van der Waals surface area contributed by atoms with Crippen LogP contribution in [0.2, 0.25) is 0 Å². The topological polar surface area (TPSA) is 43.8 Å². The molecule has 0 aliphatic rings. The van der Waals surface area contributed by atoms with Gasteiger partial charge in [0.25, 0.3) is 0 Å². The summed E-state index contributed by atoms with van der Waals surface area (Å²) < 4.78 is 2.01. The van der Waals surface area contributed by atoms with Crippen LogP contribution in [-0.2, 0) is 6.54 Å². The minimum absolute atomic E-state index is 0.138. The van der Waals surface area contributed by atoms with Crippen LogP contribution < -0.4 is 5.73 Å². The van der Waals surface area contributed by atoms with Crippen LogP contribution in [0.1, 0.15) is 58.2 Å². The van der Waals surface area contributed by atoms with Crippen molar-refractivity contribution in [2.45, 2.75) is 59.0 Å². The van der Waals surface area contributed by atoms with E-state index in [-0.39, 0.29) is 6.04 Å². The molecule has 0 amide bonds. The fraction of sp³-hybridized carbons (Fsp3) is 0.769. The molecule has 0 aliphatic heterocycles. The van der Waals surface area contributed by atoms with Crippen LogP contribution in [0.4, 0.5) is 0 Å². The van der Waals surface area contributed by atoms with Crippen LogP contribution in [0, 0.1) is 5.92 Å². The van der Waals surface area contributed by atoms with Gasteiger partial charge in [-0.2, -0.15) is 5.10 Å². The summed E-state index contributed by atoms with van der Waals surface area (Å²) in [5.74, 6) is 0.585. The molecule has 1 heterocycles. The lowest BCUT2D eigenvalue weighted by molar-refractivity contribution is 0.360. The molecule has 1 aromatic heterocycles. The molecule has 0 aromatic carbocycles. The number of hydrogen-bond donors (Lipinski definition) is 1. The summed E-state index contributed by atoms with van der Waals surface area (Å²) in [4.78, 5) is 0. The third-order valence-corrected chi connectivity index (χ3v) is 3.35. The summed E-state index contributed by atoms with van der Waals surface area (Å²) in [5.41, 5.74) is 7.54. The quantitative estimate of drug-likeness (QED) is 0.772. The van der Waals surface area contributed by atoms with Crippen LogP contribution in [0.15, 0.2) is 12.3 Å². The Morgan fingerprint density at radius 2 is 2.12 bits per heavy atom. The van der Waals surface area contributed by atoms with Crippen molar-refractivity contribution in [1.29, 1.82) is 0 Å². The molecular formula is C13H25N3. The summed E-state index contributed by atoms with van der Waals surface area (Å²) in [5, 5.41) is 4.29. The van der Waals surface area contributed by atoms with Crippen molar-refractivity contribution in [2.24, 2.45) is 11.7 Å². The second-order valence-corrected chi connectivity index (χ2v) is 4.41. The van der Waals surface area contributed by atoms with Crippen LogP contribution in [0.3, 0.4) is 0 Å². The van der Waals surface area contributed by atoms with Crippen LogP contribution in [0.25, 0.3) is 0 Å². The van der Waals surface area contributed by atoms with E-state index in [1.165, 1.54) is 25.0 Å². The second-order valence-electron chi connectivity index (χ2n) is 4.41. The average Bonchev–Trinajstić information content (AvgIpc) is 2.77. The van der Waals surface area contributed by atoms with Gasteiger partial charge in [0.1, 0.15) is 0 Å². The van der Waals surface area contributed by atoms with Gasteiger partial charge in [0, 0.05) is 18.8 Å².